The Morgan fingerprint density at radius 1 is 0.963 bits per heavy atom. The molecule has 0 fully saturated rings. The summed E-state index contributed by atoms with van der Waals surface area (Å²) in [6.07, 6.45) is 4.69. The standard InChI is InChI=1S/C23H24N4/c1-3-22(24)27(2)14-8-11-16-17-9-4-7-13-21(17)26-23-18-10-5-6-12-20(18)25-15-19(16)23/h4-7,9-10,12-13,15,24H,3,8,11,14H2,1-2H3. The minimum absolute atomic E-state index is 0.687. The molecule has 0 aliphatic heterocycles. The van der Waals surface area contributed by atoms with Crippen LogP contribution in [0.2, 0.25) is 0 Å². The second-order valence-corrected chi connectivity index (χ2v) is 6.97. The molecule has 0 amide bonds. The van der Waals surface area contributed by atoms with Crippen molar-refractivity contribution in [1.82, 2.24) is 14.9 Å². The molecular formula is C23H24N4. The molecule has 2 heterocycles. The zero-order chi connectivity index (χ0) is 18.8. The SMILES string of the molecule is CCC(=N)N(C)CCCc1c2ccccc2nc2c1cnc1ccccc12. The lowest BCUT2D eigenvalue weighted by Gasteiger charge is -2.19. The van der Waals surface area contributed by atoms with E-state index in [1.807, 2.05) is 49.3 Å². The number of aromatic nitrogens is 2. The van der Waals surface area contributed by atoms with Crippen LogP contribution in [0, 0.1) is 5.41 Å². The van der Waals surface area contributed by atoms with Gasteiger partial charge in [-0.15, -0.1) is 0 Å². The highest BCUT2D eigenvalue weighted by atomic mass is 15.1. The normalized spacial score (nSPS) is 11.3. The number of benzene rings is 2. The molecule has 0 spiro atoms. The average Bonchev–Trinajstić information content (AvgIpc) is 2.72. The van der Waals surface area contributed by atoms with Crippen molar-refractivity contribution in [2.45, 2.75) is 26.2 Å². The van der Waals surface area contributed by atoms with Gasteiger partial charge < -0.3 is 4.90 Å². The summed E-state index contributed by atoms with van der Waals surface area (Å²) >= 11 is 0. The molecule has 4 aromatic rings. The second kappa shape index (κ2) is 7.31. The fourth-order valence-corrected chi connectivity index (χ4v) is 3.73. The Hall–Kier alpha value is -3.01. The average molecular weight is 356 g/mol. The molecule has 0 atom stereocenters. The predicted octanol–water partition coefficient (Wildman–Crippen LogP) is 5.19. The summed E-state index contributed by atoms with van der Waals surface area (Å²) in [5.74, 6) is 0.687. The Morgan fingerprint density at radius 3 is 2.44 bits per heavy atom. The van der Waals surface area contributed by atoms with E-state index in [-0.39, 0.29) is 0 Å². The Labute approximate surface area is 159 Å². The minimum Gasteiger partial charge on any atom is -0.364 e. The summed E-state index contributed by atoms with van der Waals surface area (Å²) in [4.78, 5) is 11.7. The highest BCUT2D eigenvalue weighted by molar-refractivity contribution is 6.08. The molecular weight excluding hydrogens is 332 g/mol. The van der Waals surface area contributed by atoms with E-state index < -0.39 is 0 Å². The fraction of sp³-hybridized carbons (Fsp3) is 0.261. The van der Waals surface area contributed by atoms with E-state index in [1.165, 1.54) is 10.9 Å². The number of para-hydroxylation sites is 2. The number of rotatable bonds is 5. The molecule has 136 valence electrons. The lowest BCUT2D eigenvalue weighted by Crippen LogP contribution is -2.26. The Bertz CT molecular complexity index is 1130. The van der Waals surface area contributed by atoms with Crippen molar-refractivity contribution >= 4 is 38.5 Å². The first kappa shape index (κ1) is 17.4. The topological polar surface area (TPSA) is 52.9 Å². The molecule has 2 aromatic heterocycles. The van der Waals surface area contributed by atoms with E-state index in [4.69, 9.17) is 10.4 Å². The van der Waals surface area contributed by atoms with Crippen molar-refractivity contribution < 1.29 is 0 Å². The van der Waals surface area contributed by atoms with Crippen LogP contribution in [-0.2, 0) is 6.42 Å². The second-order valence-electron chi connectivity index (χ2n) is 6.97. The molecule has 0 bridgehead atoms. The molecule has 4 heteroatoms. The van der Waals surface area contributed by atoms with E-state index in [0.29, 0.717) is 5.84 Å². The number of nitrogens with zero attached hydrogens (tertiary/aromatic N) is 3. The van der Waals surface area contributed by atoms with Gasteiger partial charge in [0.15, 0.2) is 0 Å². The maximum Gasteiger partial charge on any atom is 0.0952 e. The predicted molar refractivity (Wildman–Crippen MR) is 114 cm³/mol. The number of aryl methyl sites for hydroxylation is 1. The van der Waals surface area contributed by atoms with Crippen molar-refractivity contribution in [3.05, 3.63) is 60.3 Å². The van der Waals surface area contributed by atoms with Crippen LogP contribution >= 0.6 is 0 Å². The number of hydrogen-bond acceptors (Lipinski definition) is 3. The molecule has 2 aromatic carbocycles. The van der Waals surface area contributed by atoms with Crippen LogP contribution in [0.4, 0.5) is 0 Å². The number of hydrogen-bond donors (Lipinski definition) is 1. The van der Waals surface area contributed by atoms with Crippen molar-refractivity contribution in [3.63, 3.8) is 0 Å². The third-order valence-electron chi connectivity index (χ3n) is 5.25. The number of pyridine rings is 2. The molecule has 1 N–H and O–H groups in total. The Balaban J connectivity index is 1.81. The number of nitrogens with one attached hydrogen (secondary N) is 1. The molecule has 27 heavy (non-hydrogen) atoms. The Morgan fingerprint density at radius 2 is 1.67 bits per heavy atom. The van der Waals surface area contributed by atoms with Crippen molar-refractivity contribution in [3.8, 4) is 0 Å². The molecule has 0 saturated carbocycles. The third-order valence-corrected chi connectivity index (χ3v) is 5.25. The van der Waals surface area contributed by atoms with Gasteiger partial charge in [0.25, 0.3) is 0 Å². The number of fused-ring (bicyclic) bond motifs is 4. The van der Waals surface area contributed by atoms with Gasteiger partial charge in [-0.25, -0.2) is 4.98 Å². The van der Waals surface area contributed by atoms with E-state index in [2.05, 4.69) is 29.2 Å². The Kier molecular flexibility index (Phi) is 4.71. The maximum atomic E-state index is 7.98. The molecule has 0 aliphatic carbocycles. The van der Waals surface area contributed by atoms with Crippen LogP contribution in [0.25, 0.3) is 32.7 Å². The zero-order valence-electron chi connectivity index (χ0n) is 15.9. The van der Waals surface area contributed by atoms with Crippen LogP contribution in [0.5, 0.6) is 0 Å². The van der Waals surface area contributed by atoms with Gasteiger partial charge in [-0.2, -0.15) is 0 Å². The van der Waals surface area contributed by atoms with Crippen molar-refractivity contribution in [1.29, 1.82) is 5.41 Å². The van der Waals surface area contributed by atoms with Crippen molar-refractivity contribution in [2.24, 2.45) is 0 Å². The maximum absolute atomic E-state index is 7.98. The first-order chi connectivity index (χ1) is 13.2. The summed E-state index contributed by atoms with van der Waals surface area (Å²) in [6, 6.07) is 16.6. The van der Waals surface area contributed by atoms with Gasteiger partial charge in [-0.1, -0.05) is 43.3 Å². The van der Waals surface area contributed by atoms with Crippen LogP contribution in [-0.4, -0.2) is 34.3 Å². The van der Waals surface area contributed by atoms with Gasteiger partial charge in [0.2, 0.25) is 0 Å². The summed E-state index contributed by atoms with van der Waals surface area (Å²) < 4.78 is 0. The lowest BCUT2D eigenvalue weighted by atomic mass is 9.98. The highest BCUT2D eigenvalue weighted by Gasteiger charge is 2.12. The lowest BCUT2D eigenvalue weighted by molar-refractivity contribution is 0.477. The molecule has 0 radical (unpaired) electrons. The largest absolute Gasteiger partial charge is 0.364 e. The van der Waals surface area contributed by atoms with E-state index in [9.17, 15) is 0 Å². The summed E-state index contributed by atoms with van der Waals surface area (Å²) in [5, 5.41) is 11.4. The van der Waals surface area contributed by atoms with Crippen LogP contribution in [0.15, 0.2) is 54.7 Å². The summed E-state index contributed by atoms with van der Waals surface area (Å²) in [7, 11) is 2.00. The monoisotopic (exact) mass is 356 g/mol. The van der Waals surface area contributed by atoms with Gasteiger partial charge in [0.05, 0.1) is 22.4 Å². The third kappa shape index (κ3) is 3.23. The molecule has 4 nitrogen and oxygen atoms in total. The number of amidine groups is 1. The first-order valence-electron chi connectivity index (χ1n) is 9.52. The van der Waals surface area contributed by atoms with Crippen LogP contribution in [0.1, 0.15) is 25.3 Å². The fourth-order valence-electron chi connectivity index (χ4n) is 3.73. The molecule has 0 unspecified atom stereocenters. The van der Waals surface area contributed by atoms with Crippen molar-refractivity contribution in [2.75, 3.05) is 13.6 Å². The first-order valence-corrected chi connectivity index (χ1v) is 9.52. The van der Waals surface area contributed by atoms with E-state index in [0.717, 1.165) is 53.1 Å². The summed E-state index contributed by atoms with van der Waals surface area (Å²) in [6.45, 7) is 2.91. The van der Waals surface area contributed by atoms with Crippen LogP contribution < -0.4 is 0 Å². The molecule has 0 aliphatic rings. The quantitative estimate of drug-likeness (QED) is 0.232. The van der Waals surface area contributed by atoms with Gasteiger partial charge in [-0.3, -0.25) is 10.4 Å². The van der Waals surface area contributed by atoms with Crippen LogP contribution in [0.3, 0.4) is 0 Å². The smallest absolute Gasteiger partial charge is 0.0952 e. The molecule has 0 saturated heterocycles. The summed E-state index contributed by atoms with van der Waals surface area (Å²) in [5.41, 5.74) is 4.36. The minimum atomic E-state index is 0.687. The zero-order valence-corrected chi connectivity index (χ0v) is 15.9. The van der Waals surface area contributed by atoms with Gasteiger partial charge in [-0.05, 0) is 30.5 Å². The highest BCUT2D eigenvalue weighted by Crippen LogP contribution is 2.30. The van der Waals surface area contributed by atoms with Gasteiger partial charge >= 0.3 is 0 Å². The van der Waals surface area contributed by atoms with E-state index >= 15 is 0 Å². The molecule has 4 rings (SSSR count). The van der Waals surface area contributed by atoms with E-state index in [1.54, 1.807) is 0 Å². The van der Waals surface area contributed by atoms with Gasteiger partial charge in [0.1, 0.15) is 0 Å². The van der Waals surface area contributed by atoms with Gasteiger partial charge in [0, 0.05) is 42.4 Å².